The minimum atomic E-state index is -1.98. The van der Waals surface area contributed by atoms with Crippen LogP contribution in [0, 0.1) is 0 Å². The minimum absolute atomic E-state index is 0.202. The SMILES string of the molecule is C[Si](C)(C)NC(=O)c1ccccc1C(=O)O[Si](C)(C)C. The monoisotopic (exact) mass is 309 g/mol. The first-order chi connectivity index (χ1) is 8.99. The van der Waals surface area contributed by atoms with Crippen LogP contribution in [-0.4, -0.2) is 28.4 Å². The van der Waals surface area contributed by atoms with E-state index in [1.807, 2.05) is 39.3 Å². The Bertz CT molecular complexity index is 469. The summed E-state index contributed by atoms with van der Waals surface area (Å²) in [5.41, 5.74) is 0.726. The molecule has 0 bridgehead atoms. The standard InChI is InChI=1S/C14H23NO3Si2/c1-19(2,3)15-13(16)11-9-7-8-10-12(11)14(17)18-20(4,5)6/h7-10H,1-6H3,(H,15,16). The van der Waals surface area contributed by atoms with Crippen LogP contribution in [0.5, 0.6) is 0 Å². The molecule has 1 aromatic carbocycles. The number of carbonyl (C=O) groups is 2. The zero-order chi connectivity index (χ0) is 15.6. The van der Waals surface area contributed by atoms with Crippen LogP contribution in [-0.2, 0) is 4.43 Å². The highest BCUT2D eigenvalue weighted by Crippen LogP contribution is 2.14. The summed E-state index contributed by atoms with van der Waals surface area (Å²) in [7, 11) is -3.73. The number of amides is 1. The van der Waals surface area contributed by atoms with Gasteiger partial charge in [-0.05, 0) is 31.8 Å². The van der Waals surface area contributed by atoms with Gasteiger partial charge in [-0.15, -0.1) is 0 Å². The van der Waals surface area contributed by atoms with Crippen LogP contribution in [0.25, 0.3) is 0 Å². The van der Waals surface area contributed by atoms with E-state index in [9.17, 15) is 9.59 Å². The zero-order valence-electron chi connectivity index (χ0n) is 13.0. The number of nitrogens with one attached hydrogen (secondary N) is 1. The third-order valence-corrected chi connectivity index (χ3v) is 4.05. The molecule has 0 aromatic heterocycles. The second-order valence-electron chi connectivity index (χ2n) is 6.75. The van der Waals surface area contributed by atoms with E-state index in [0.717, 1.165) is 0 Å². The number of carbonyl (C=O) groups excluding carboxylic acids is 2. The van der Waals surface area contributed by atoms with Crippen molar-refractivity contribution in [2.75, 3.05) is 0 Å². The fourth-order valence-electron chi connectivity index (χ4n) is 1.60. The molecule has 110 valence electrons. The average Bonchev–Trinajstić information content (AvgIpc) is 2.24. The smallest absolute Gasteiger partial charge is 0.325 e. The quantitative estimate of drug-likeness (QED) is 0.869. The Morgan fingerprint density at radius 3 is 1.90 bits per heavy atom. The van der Waals surface area contributed by atoms with E-state index < -0.39 is 22.5 Å². The van der Waals surface area contributed by atoms with Crippen molar-refractivity contribution in [2.24, 2.45) is 0 Å². The molecule has 0 spiro atoms. The Kier molecular flexibility index (Phi) is 4.93. The molecular formula is C14H23NO3Si2. The van der Waals surface area contributed by atoms with Gasteiger partial charge in [-0.2, -0.15) is 0 Å². The van der Waals surface area contributed by atoms with Gasteiger partial charge in [0.25, 0.3) is 0 Å². The molecule has 1 rings (SSSR count). The molecule has 0 radical (unpaired) electrons. The van der Waals surface area contributed by atoms with Gasteiger partial charge in [0, 0.05) is 0 Å². The van der Waals surface area contributed by atoms with Crippen molar-refractivity contribution < 1.29 is 14.0 Å². The van der Waals surface area contributed by atoms with Crippen molar-refractivity contribution in [3.63, 3.8) is 0 Å². The molecular weight excluding hydrogens is 286 g/mol. The third kappa shape index (κ3) is 5.30. The van der Waals surface area contributed by atoms with Crippen LogP contribution in [0.15, 0.2) is 24.3 Å². The maximum absolute atomic E-state index is 12.3. The minimum Gasteiger partial charge on any atom is -0.516 e. The molecule has 20 heavy (non-hydrogen) atoms. The van der Waals surface area contributed by atoms with Gasteiger partial charge < -0.3 is 9.41 Å². The number of rotatable bonds is 4. The lowest BCUT2D eigenvalue weighted by molar-refractivity contribution is 0.0719. The summed E-state index contributed by atoms with van der Waals surface area (Å²) in [6.45, 7) is 11.9. The fraction of sp³-hybridized carbons (Fsp3) is 0.429. The molecule has 0 aliphatic rings. The summed E-state index contributed by atoms with van der Waals surface area (Å²) in [4.78, 5) is 27.5. The van der Waals surface area contributed by atoms with E-state index in [4.69, 9.17) is 4.43 Å². The van der Waals surface area contributed by atoms with Crippen molar-refractivity contribution >= 4 is 28.4 Å². The van der Waals surface area contributed by atoms with Crippen molar-refractivity contribution in [1.29, 1.82) is 0 Å². The highest BCUT2D eigenvalue weighted by molar-refractivity contribution is 6.76. The normalized spacial score (nSPS) is 11.9. The summed E-state index contributed by atoms with van der Waals surface area (Å²) in [6.07, 6.45) is 0. The van der Waals surface area contributed by atoms with Gasteiger partial charge in [0.15, 0.2) is 0 Å². The predicted octanol–water partition coefficient (Wildman–Crippen LogP) is 3.24. The summed E-state index contributed by atoms with van der Waals surface area (Å²) < 4.78 is 5.48. The molecule has 0 aliphatic carbocycles. The fourth-order valence-corrected chi connectivity index (χ4v) is 3.08. The van der Waals surface area contributed by atoms with Crippen molar-refractivity contribution in [1.82, 2.24) is 4.98 Å². The number of hydrogen-bond acceptors (Lipinski definition) is 3. The molecule has 6 heteroatoms. The highest BCUT2D eigenvalue weighted by atomic mass is 28.4. The largest absolute Gasteiger partial charge is 0.516 e. The molecule has 1 amide bonds. The van der Waals surface area contributed by atoms with Crippen LogP contribution in [0.1, 0.15) is 20.7 Å². The third-order valence-electron chi connectivity index (χ3n) is 2.28. The van der Waals surface area contributed by atoms with Crippen LogP contribution < -0.4 is 4.98 Å². The molecule has 0 saturated heterocycles. The van der Waals surface area contributed by atoms with E-state index in [0.29, 0.717) is 11.1 Å². The van der Waals surface area contributed by atoms with Gasteiger partial charge in [0.05, 0.1) is 11.1 Å². The topological polar surface area (TPSA) is 55.4 Å². The van der Waals surface area contributed by atoms with Gasteiger partial charge in [-0.3, -0.25) is 4.79 Å². The zero-order valence-corrected chi connectivity index (χ0v) is 15.0. The molecule has 0 saturated carbocycles. The predicted molar refractivity (Wildman–Crippen MR) is 86.0 cm³/mol. The Labute approximate surface area is 122 Å². The molecule has 0 fully saturated rings. The summed E-state index contributed by atoms with van der Waals surface area (Å²) >= 11 is 0. The second-order valence-corrected chi connectivity index (χ2v) is 15.9. The van der Waals surface area contributed by atoms with E-state index in [2.05, 4.69) is 4.98 Å². The van der Waals surface area contributed by atoms with Gasteiger partial charge >= 0.3 is 5.97 Å². The van der Waals surface area contributed by atoms with Crippen molar-refractivity contribution in [3.05, 3.63) is 35.4 Å². The maximum Gasteiger partial charge on any atom is 0.325 e. The summed E-state index contributed by atoms with van der Waals surface area (Å²) in [5.74, 6) is -0.613. The molecule has 0 unspecified atom stereocenters. The molecule has 4 nitrogen and oxygen atoms in total. The van der Waals surface area contributed by atoms with Crippen LogP contribution >= 0.6 is 0 Å². The number of hydrogen-bond donors (Lipinski definition) is 1. The molecule has 1 N–H and O–H groups in total. The summed E-state index contributed by atoms with van der Waals surface area (Å²) in [6, 6.07) is 6.80. The van der Waals surface area contributed by atoms with Crippen LogP contribution in [0.3, 0.4) is 0 Å². The molecule has 0 aliphatic heterocycles. The Hall–Kier alpha value is -1.41. The Balaban J connectivity index is 3.05. The van der Waals surface area contributed by atoms with Crippen molar-refractivity contribution in [2.45, 2.75) is 39.3 Å². The summed E-state index contributed by atoms with van der Waals surface area (Å²) in [5, 5.41) is 0. The molecule has 1 aromatic rings. The first kappa shape index (κ1) is 16.6. The average molecular weight is 310 g/mol. The lowest BCUT2D eigenvalue weighted by atomic mass is 10.1. The Morgan fingerprint density at radius 2 is 1.45 bits per heavy atom. The first-order valence-corrected chi connectivity index (χ1v) is 13.6. The van der Waals surface area contributed by atoms with Gasteiger partial charge in [-0.25, -0.2) is 4.79 Å². The molecule has 0 atom stereocenters. The van der Waals surface area contributed by atoms with Crippen LogP contribution in [0.4, 0.5) is 0 Å². The maximum atomic E-state index is 12.3. The lowest BCUT2D eigenvalue weighted by Crippen LogP contribution is -2.45. The highest BCUT2D eigenvalue weighted by Gasteiger charge is 2.26. The Morgan fingerprint density at radius 1 is 0.950 bits per heavy atom. The van der Waals surface area contributed by atoms with Gasteiger partial charge in [-0.1, -0.05) is 31.8 Å². The van der Waals surface area contributed by atoms with E-state index in [1.165, 1.54) is 0 Å². The first-order valence-electron chi connectivity index (χ1n) is 6.64. The van der Waals surface area contributed by atoms with Gasteiger partial charge in [0.2, 0.25) is 14.2 Å². The van der Waals surface area contributed by atoms with E-state index in [1.54, 1.807) is 24.3 Å². The number of benzene rings is 1. The van der Waals surface area contributed by atoms with Crippen LogP contribution in [0.2, 0.25) is 39.3 Å². The van der Waals surface area contributed by atoms with Gasteiger partial charge in [0.1, 0.15) is 8.24 Å². The second kappa shape index (κ2) is 5.93. The van der Waals surface area contributed by atoms with Crippen molar-refractivity contribution in [3.8, 4) is 0 Å². The van der Waals surface area contributed by atoms with E-state index in [-0.39, 0.29) is 5.91 Å². The lowest BCUT2D eigenvalue weighted by Gasteiger charge is -2.21. The van der Waals surface area contributed by atoms with E-state index >= 15 is 0 Å². The molecule has 0 heterocycles.